The summed E-state index contributed by atoms with van der Waals surface area (Å²) in [7, 11) is 0. The van der Waals surface area contributed by atoms with E-state index in [0.29, 0.717) is 10.7 Å². The van der Waals surface area contributed by atoms with E-state index in [-0.39, 0.29) is 12.2 Å². The molecule has 2 aromatic carbocycles. The van der Waals surface area contributed by atoms with Gasteiger partial charge in [0.05, 0.1) is 23.4 Å². The third-order valence-electron chi connectivity index (χ3n) is 2.72. The molecule has 0 radical (unpaired) electrons. The van der Waals surface area contributed by atoms with Crippen LogP contribution < -0.4 is 5.32 Å². The Balaban J connectivity index is 2.30. The van der Waals surface area contributed by atoms with Crippen LogP contribution in [0.3, 0.4) is 0 Å². The minimum absolute atomic E-state index is 0.0578. The van der Waals surface area contributed by atoms with Crippen molar-refractivity contribution in [2.75, 3.05) is 11.9 Å². The van der Waals surface area contributed by atoms with Gasteiger partial charge in [0.1, 0.15) is 11.6 Å². The van der Waals surface area contributed by atoms with Crippen LogP contribution >= 0.6 is 11.6 Å². The van der Waals surface area contributed by atoms with E-state index in [1.807, 2.05) is 0 Å². The number of hydrogen-bond donors (Lipinski definition) is 2. The SMILES string of the molecule is OCC(Nc1ccccc1Cl)c1cc(F)ccc1F. The maximum Gasteiger partial charge on any atom is 0.128 e. The molecule has 0 spiro atoms. The van der Waals surface area contributed by atoms with Gasteiger partial charge < -0.3 is 10.4 Å². The van der Waals surface area contributed by atoms with Crippen LogP contribution in [0, 0.1) is 11.6 Å². The van der Waals surface area contributed by atoms with Crippen molar-refractivity contribution in [3.05, 3.63) is 64.7 Å². The van der Waals surface area contributed by atoms with Crippen molar-refractivity contribution in [1.29, 1.82) is 0 Å². The van der Waals surface area contributed by atoms with Gasteiger partial charge in [-0.25, -0.2) is 8.78 Å². The lowest BCUT2D eigenvalue weighted by Crippen LogP contribution is -2.16. The van der Waals surface area contributed by atoms with Crippen LogP contribution in [-0.4, -0.2) is 11.7 Å². The number of aliphatic hydroxyl groups is 1. The maximum atomic E-state index is 13.7. The Morgan fingerprint density at radius 3 is 2.58 bits per heavy atom. The molecule has 1 atom stereocenters. The molecule has 2 rings (SSSR count). The fourth-order valence-corrected chi connectivity index (χ4v) is 1.96. The summed E-state index contributed by atoms with van der Waals surface area (Å²) in [5.74, 6) is -1.14. The fourth-order valence-electron chi connectivity index (χ4n) is 1.77. The molecule has 5 heteroatoms. The zero-order chi connectivity index (χ0) is 13.8. The molecule has 0 aliphatic heterocycles. The predicted molar refractivity (Wildman–Crippen MR) is 71.3 cm³/mol. The van der Waals surface area contributed by atoms with Crippen LogP contribution in [0.25, 0.3) is 0 Å². The minimum atomic E-state index is -0.768. The summed E-state index contributed by atoms with van der Waals surface area (Å²) in [6.07, 6.45) is 0. The predicted octanol–water partition coefficient (Wildman–Crippen LogP) is 3.76. The van der Waals surface area contributed by atoms with Gasteiger partial charge in [-0.3, -0.25) is 0 Å². The van der Waals surface area contributed by atoms with E-state index in [9.17, 15) is 13.9 Å². The normalized spacial score (nSPS) is 12.2. The van der Waals surface area contributed by atoms with Crippen molar-refractivity contribution < 1.29 is 13.9 Å². The minimum Gasteiger partial charge on any atom is -0.394 e. The van der Waals surface area contributed by atoms with Crippen molar-refractivity contribution in [3.8, 4) is 0 Å². The molecule has 0 saturated carbocycles. The van der Waals surface area contributed by atoms with Crippen LogP contribution in [-0.2, 0) is 0 Å². The van der Waals surface area contributed by atoms with E-state index in [1.165, 1.54) is 0 Å². The molecule has 0 aliphatic carbocycles. The quantitative estimate of drug-likeness (QED) is 0.895. The molecule has 100 valence electrons. The topological polar surface area (TPSA) is 32.3 Å². The second-order valence-corrected chi connectivity index (χ2v) is 4.43. The zero-order valence-electron chi connectivity index (χ0n) is 9.91. The number of hydrogen-bond acceptors (Lipinski definition) is 2. The standard InChI is InChI=1S/C14H12ClF2NO/c15-11-3-1-2-4-13(11)18-14(8-19)10-7-9(16)5-6-12(10)17/h1-7,14,18-19H,8H2. The Morgan fingerprint density at radius 1 is 1.16 bits per heavy atom. The van der Waals surface area contributed by atoms with Crippen LogP contribution in [0.15, 0.2) is 42.5 Å². The number of rotatable bonds is 4. The molecule has 0 fully saturated rings. The van der Waals surface area contributed by atoms with E-state index in [2.05, 4.69) is 5.32 Å². The summed E-state index contributed by atoms with van der Waals surface area (Å²) in [6, 6.07) is 9.22. The second kappa shape index (κ2) is 5.99. The summed E-state index contributed by atoms with van der Waals surface area (Å²) in [5, 5.41) is 12.7. The average molecular weight is 284 g/mol. The Hall–Kier alpha value is -1.65. The van der Waals surface area contributed by atoms with Gasteiger partial charge >= 0.3 is 0 Å². The molecule has 0 bridgehead atoms. The first-order chi connectivity index (χ1) is 9.11. The first-order valence-corrected chi connectivity index (χ1v) is 6.06. The number of para-hydroxylation sites is 1. The molecule has 0 aliphatic rings. The molecular weight excluding hydrogens is 272 g/mol. The summed E-state index contributed by atoms with van der Waals surface area (Å²) in [6.45, 7) is -0.383. The number of benzene rings is 2. The Bertz CT molecular complexity index is 577. The summed E-state index contributed by atoms with van der Waals surface area (Å²) < 4.78 is 26.8. The molecule has 0 heterocycles. The molecule has 2 nitrogen and oxygen atoms in total. The highest BCUT2D eigenvalue weighted by Gasteiger charge is 2.16. The lowest BCUT2D eigenvalue weighted by atomic mass is 10.1. The van der Waals surface area contributed by atoms with Gasteiger partial charge in [-0.05, 0) is 30.3 Å². The molecule has 19 heavy (non-hydrogen) atoms. The number of halogens is 3. The molecule has 0 saturated heterocycles. The van der Waals surface area contributed by atoms with Crippen LogP contribution in [0.4, 0.5) is 14.5 Å². The Morgan fingerprint density at radius 2 is 1.89 bits per heavy atom. The highest BCUT2D eigenvalue weighted by molar-refractivity contribution is 6.33. The van der Waals surface area contributed by atoms with Crippen LogP contribution in [0.1, 0.15) is 11.6 Å². The highest BCUT2D eigenvalue weighted by Crippen LogP contribution is 2.27. The lowest BCUT2D eigenvalue weighted by molar-refractivity contribution is 0.273. The van der Waals surface area contributed by atoms with E-state index >= 15 is 0 Å². The number of nitrogens with one attached hydrogen (secondary N) is 1. The van der Waals surface area contributed by atoms with Crippen molar-refractivity contribution in [3.63, 3.8) is 0 Å². The molecule has 1 unspecified atom stereocenters. The smallest absolute Gasteiger partial charge is 0.128 e. The van der Waals surface area contributed by atoms with E-state index in [0.717, 1.165) is 18.2 Å². The van der Waals surface area contributed by atoms with E-state index < -0.39 is 17.7 Å². The summed E-state index contributed by atoms with van der Waals surface area (Å²) in [5.41, 5.74) is 0.606. The third-order valence-corrected chi connectivity index (χ3v) is 3.05. The van der Waals surface area contributed by atoms with Gasteiger partial charge in [0, 0.05) is 5.56 Å². The van der Waals surface area contributed by atoms with Crippen molar-refractivity contribution in [2.24, 2.45) is 0 Å². The Labute approximate surface area is 114 Å². The number of anilines is 1. The van der Waals surface area contributed by atoms with Gasteiger partial charge in [0.25, 0.3) is 0 Å². The van der Waals surface area contributed by atoms with Crippen LogP contribution in [0.2, 0.25) is 5.02 Å². The monoisotopic (exact) mass is 283 g/mol. The Kier molecular flexibility index (Phi) is 4.35. The third kappa shape index (κ3) is 3.22. The summed E-state index contributed by atoms with van der Waals surface area (Å²) in [4.78, 5) is 0. The largest absolute Gasteiger partial charge is 0.394 e. The summed E-state index contributed by atoms with van der Waals surface area (Å²) >= 11 is 5.97. The molecule has 2 N–H and O–H groups in total. The van der Waals surface area contributed by atoms with E-state index in [1.54, 1.807) is 24.3 Å². The number of aliphatic hydroxyl groups excluding tert-OH is 1. The van der Waals surface area contributed by atoms with Crippen LogP contribution in [0.5, 0.6) is 0 Å². The fraction of sp³-hybridized carbons (Fsp3) is 0.143. The highest BCUT2D eigenvalue weighted by atomic mass is 35.5. The zero-order valence-corrected chi connectivity index (χ0v) is 10.7. The molecule has 0 amide bonds. The van der Waals surface area contributed by atoms with Crippen molar-refractivity contribution >= 4 is 17.3 Å². The first-order valence-electron chi connectivity index (χ1n) is 5.68. The van der Waals surface area contributed by atoms with Crippen molar-refractivity contribution in [2.45, 2.75) is 6.04 Å². The van der Waals surface area contributed by atoms with Gasteiger partial charge in [-0.1, -0.05) is 23.7 Å². The van der Waals surface area contributed by atoms with Gasteiger partial charge in [0.15, 0.2) is 0 Å². The van der Waals surface area contributed by atoms with Gasteiger partial charge in [-0.15, -0.1) is 0 Å². The molecule has 2 aromatic rings. The average Bonchev–Trinajstić information content (AvgIpc) is 2.41. The van der Waals surface area contributed by atoms with Crippen molar-refractivity contribution in [1.82, 2.24) is 0 Å². The van der Waals surface area contributed by atoms with E-state index in [4.69, 9.17) is 11.6 Å². The lowest BCUT2D eigenvalue weighted by Gasteiger charge is -2.19. The molecule has 0 aromatic heterocycles. The molecular formula is C14H12ClF2NO. The van der Waals surface area contributed by atoms with Gasteiger partial charge in [0.2, 0.25) is 0 Å². The second-order valence-electron chi connectivity index (χ2n) is 4.03. The van der Waals surface area contributed by atoms with Gasteiger partial charge in [-0.2, -0.15) is 0 Å². The maximum absolute atomic E-state index is 13.7. The first kappa shape index (κ1) is 13.8.